The molecule has 258 valence electrons. The lowest BCUT2D eigenvalue weighted by Crippen LogP contribution is -2.66. The highest BCUT2D eigenvalue weighted by atomic mass is 35.6. The summed E-state index contributed by atoms with van der Waals surface area (Å²) in [6.45, 7) is 3.58. The van der Waals surface area contributed by atoms with Crippen molar-refractivity contribution < 1.29 is 61.8 Å². The molecule has 0 aromatic heterocycles. The van der Waals surface area contributed by atoms with Crippen molar-refractivity contribution in [1.29, 1.82) is 5.41 Å². The Bertz CT molecular complexity index is 1190. The Morgan fingerprint density at radius 2 is 1.50 bits per heavy atom. The molecule has 1 N–H and O–H groups in total. The summed E-state index contributed by atoms with van der Waals surface area (Å²) in [4.78, 5) is 37.1. The van der Waals surface area contributed by atoms with Gasteiger partial charge in [-0.2, -0.15) is 0 Å². The standard InChI is InChI=1S/C29H38Cl3NO13/c1-14-19(37-4)23(38-5)26(44-20(14)25(36)39-6)45-21-18(13-40-15(2)34)43-27(46-28(33)29(30,31)32)24(22(21)42-16(3)35)41-12-17-10-8-7-9-11-17/h7-11,14,18-24,26-27,33H,12-13H2,1-6H3/t14-,18-,19+,20?,21-,22?,23?,24?,26+,27-/m1/s1. The highest BCUT2D eigenvalue weighted by molar-refractivity contribution is 6.76. The van der Waals surface area contributed by atoms with Gasteiger partial charge in [-0.15, -0.1) is 0 Å². The Kier molecular flexibility index (Phi) is 14.3. The minimum absolute atomic E-state index is 0.0385. The van der Waals surface area contributed by atoms with Crippen LogP contribution < -0.4 is 0 Å². The fraction of sp³-hybridized carbons (Fsp3) is 0.655. The van der Waals surface area contributed by atoms with E-state index >= 15 is 0 Å². The minimum atomic E-state index is -2.29. The first-order valence-corrected chi connectivity index (χ1v) is 15.2. The number of benzene rings is 1. The quantitative estimate of drug-likeness (QED) is 0.110. The van der Waals surface area contributed by atoms with Crippen LogP contribution in [0.5, 0.6) is 0 Å². The zero-order chi connectivity index (χ0) is 34.2. The third kappa shape index (κ3) is 9.87. The van der Waals surface area contributed by atoms with Crippen LogP contribution >= 0.6 is 34.8 Å². The van der Waals surface area contributed by atoms with Crippen molar-refractivity contribution in [3.8, 4) is 0 Å². The maximum Gasteiger partial charge on any atom is 0.335 e. The van der Waals surface area contributed by atoms with E-state index in [0.717, 1.165) is 12.5 Å². The van der Waals surface area contributed by atoms with Crippen LogP contribution in [-0.2, 0) is 68.4 Å². The Hall–Kier alpha value is -2.27. The molecule has 0 bridgehead atoms. The van der Waals surface area contributed by atoms with Gasteiger partial charge in [-0.25, -0.2) is 4.79 Å². The van der Waals surface area contributed by atoms with Crippen LogP contribution in [-0.4, -0.2) is 111 Å². The Morgan fingerprint density at radius 3 is 2.04 bits per heavy atom. The Balaban J connectivity index is 2.08. The van der Waals surface area contributed by atoms with Gasteiger partial charge in [0.05, 0.1) is 19.8 Å². The summed E-state index contributed by atoms with van der Waals surface area (Å²) in [5.41, 5.74) is 0.728. The van der Waals surface area contributed by atoms with Crippen LogP contribution in [0.3, 0.4) is 0 Å². The molecule has 0 amide bonds. The van der Waals surface area contributed by atoms with E-state index < -0.39 is 95.4 Å². The molecule has 2 aliphatic heterocycles. The first kappa shape index (κ1) is 38.2. The van der Waals surface area contributed by atoms with Gasteiger partial charge in [0, 0.05) is 34.0 Å². The first-order chi connectivity index (χ1) is 21.7. The zero-order valence-corrected chi connectivity index (χ0v) is 28.3. The normalized spacial score (nSPS) is 31.4. The van der Waals surface area contributed by atoms with E-state index in [1.54, 1.807) is 31.2 Å². The topological polar surface area (TPSA) is 167 Å². The number of carbonyl (C=O) groups excluding carboxylic acids is 3. The molecule has 2 heterocycles. The first-order valence-electron chi connectivity index (χ1n) is 14.1. The van der Waals surface area contributed by atoms with Crippen molar-refractivity contribution in [2.45, 2.75) is 86.5 Å². The van der Waals surface area contributed by atoms with Crippen LogP contribution in [0.25, 0.3) is 0 Å². The summed E-state index contributed by atoms with van der Waals surface area (Å²) in [6, 6.07) is 8.99. The van der Waals surface area contributed by atoms with Crippen molar-refractivity contribution in [3.05, 3.63) is 35.9 Å². The van der Waals surface area contributed by atoms with Gasteiger partial charge >= 0.3 is 17.9 Å². The van der Waals surface area contributed by atoms with Gasteiger partial charge in [0.25, 0.3) is 3.79 Å². The van der Waals surface area contributed by atoms with E-state index in [4.69, 9.17) is 87.6 Å². The summed E-state index contributed by atoms with van der Waals surface area (Å²) >= 11 is 17.7. The molecule has 17 heteroatoms. The van der Waals surface area contributed by atoms with E-state index in [-0.39, 0.29) is 6.61 Å². The third-order valence-corrected chi connectivity index (χ3v) is 7.77. The van der Waals surface area contributed by atoms with Crippen molar-refractivity contribution in [2.75, 3.05) is 27.9 Å². The highest BCUT2D eigenvalue weighted by Gasteiger charge is 2.56. The van der Waals surface area contributed by atoms with E-state index in [9.17, 15) is 14.4 Å². The summed E-state index contributed by atoms with van der Waals surface area (Å²) in [6.07, 6.45) is -10.9. The monoisotopic (exact) mass is 713 g/mol. The van der Waals surface area contributed by atoms with Gasteiger partial charge in [-0.3, -0.25) is 15.0 Å². The minimum Gasteiger partial charge on any atom is -0.467 e. The number of hydrogen-bond acceptors (Lipinski definition) is 14. The van der Waals surface area contributed by atoms with Crippen LogP contribution in [0.4, 0.5) is 0 Å². The summed E-state index contributed by atoms with van der Waals surface area (Å²) in [5.74, 6) is -3.45. The SMILES string of the molecule is COC(=O)C1O[C@@H](O[C@H]2C(OC(C)=O)C(OCc3ccccc3)[C@@H](OC(=N)C(Cl)(Cl)Cl)O[C@@H]2COC(C)=O)C(OC)[C@@H](OC)[C@H]1C. The van der Waals surface area contributed by atoms with Gasteiger partial charge in [-0.05, 0) is 5.56 Å². The van der Waals surface area contributed by atoms with Crippen molar-refractivity contribution in [1.82, 2.24) is 0 Å². The molecular weight excluding hydrogens is 677 g/mol. The molecule has 0 aliphatic carbocycles. The van der Waals surface area contributed by atoms with E-state index in [2.05, 4.69) is 0 Å². The molecule has 0 spiro atoms. The van der Waals surface area contributed by atoms with Gasteiger partial charge in [0.15, 0.2) is 24.6 Å². The predicted molar refractivity (Wildman–Crippen MR) is 161 cm³/mol. The largest absolute Gasteiger partial charge is 0.467 e. The predicted octanol–water partition coefficient (Wildman–Crippen LogP) is 3.10. The number of esters is 3. The molecule has 14 nitrogen and oxygen atoms in total. The molecule has 10 atom stereocenters. The molecule has 46 heavy (non-hydrogen) atoms. The summed E-state index contributed by atoms with van der Waals surface area (Å²) in [5, 5.41) is 8.18. The fourth-order valence-corrected chi connectivity index (χ4v) is 5.27. The van der Waals surface area contributed by atoms with Crippen LogP contribution in [0.15, 0.2) is 30.3 Å². The average Bonchev–Trinajstić information content (AvgIpc) is 3.00. The summed E-state index contributed by atoms with van der Waals surface area (Å²) < 4.78 is 55.4. The molecule has 2 saturated heterocycles. The Morgan fingerprint density at radius 1 is 0.848 bits per heavy atom. The smallest absolute Gasteiger partial charge is 0.335 e. The van der Waals surface area contributed by atoms with Crippen molar-refractivity contribution in [3.63, 3.8) is 0 Å². The lowest BCUT2D eigenvalue weighted by atomic mass is 9.90. The average molecular weight is 715 g/mol. The number of hydrogen-bond donors (Lipinski definition) is 1. The highest BCUT2D eigenvalue weighted by Crippen LogP contribution is 2.37. The van der Waals surface area contributed by atoms with E-state index in [1.165, 1.54) is 28.3 Å². The second-order valence-corrected chi connectivity index (χ2v) is 12.7. The number of nitrogens with one attached hydrogen (secondary N) is 1. The molecule has 0 radical (unpaired) electrons. The number of halogens is 3. The lowest BCUT2D eigenvalue weighted by Gasteiger charge is -2.48. The maximum atomic E-state index is 12.7. The van der Waals surface area contributed by atoms with Gasteiger partial charge in [0.2, 0.25) is 12.2 Å². The number of carbonyl (C=O) groups is 3. The Labute approximate surface area is 281 Å². The molecular formula is C29H38Cl3NO13. The number of methoxy groups -OCH3 is 3. The lowest BCUT2D eigenvalue weighted by molar-refractivity contribution is -0.353. The van der Waals surface area contributed by atoms with Crippen LogP contribution in [0.1, 0.15) is 26.3 Å². The van der Waals surface area contributed by atoms with E-state index in [1.807, 2.05) is 6.07 Å². The molecule has 0 saturated carbocycles. The second-order valence-electron chi connectivity index (χ2n) is 10.4. The molecule has 3 rings (SSSR count). The van der Waals surface area contributed by atoms with Gasteiger partial charge in [-0.1, -0.05) is 72.1 Å². The van der Waals surface area contributed by atoms with Gasteiger partial charge in [0.1, 0.15) is 24.9 Å². The molecule has 2 fully saturated rings. The fourth-order valence-electron chi connectivity index (χ4n) is 5.14. The molecule has 4 unspecified atom stereocenters. The molecule has 1 aromatic carbocycles. The zero-order valence-electron chi connectivity index (χ0n) is 26.0. The van der Waals surface area contributed by atoms with Gasteiger partial charge < -0.3 is 47.4 Å². The summed E-state index contributed by atoms with van der Waals surface area (Å²) in [7, 11) is 4.05. The van der Waals surface area contributed by atoms with Crippen molar-refractivity contribution >= 4 is 58.6 Å². The number of alkyl halides is 3. The molecule has 1 aromatic rings. The number of rotatable bonds is 12. The number of ether oxygens (including phenoxy) is 10. The van der Waals surface area contributed by atoms with Crippen LogP contribution in [0, 0.1) is 11.3 Å². The second kappa shape index (κ2) is 17.2. The maximum absolute atomic E-state index is 12.7. The third-order valence-electron chi connectivity index (χ3n) is 7.26. The van der Waals surface area contributed by atoms with Crippen molar-refractivity contribution in [2.24, 2.45) is 5.92 Å². The molecule has 2 aliphatic rings. The van der Waals surface area contributed by atoms with Crippen LogP contribution in [0.2, 0.25) is 0 Å². The van der Waals surface area contributed by atoms with E-state index in [0.29, 0.717) is 0 Å².